The van der Waals surface area contributed by atoms with Gasteiger partial charge in [0.25, 0.3) is 0 Å². The smallest absolute Gasteiger partial charge is 0.167 e. The van der Waals surface area contributed by atoms with Crippen LogP contribution in [0.4, 0.5) is 0 Å². The van der Waals surface area contributed by atoms with Crippen LogP contribution in [0.5, 0.6) is 0 Å². The molecule has 0 radical (unpaired) electrons. The highest BCUT2D eigenvalue weighted by Gasteiger charge is 2.28. The Morgan fingerprint density at radius 2 is 2.00 bits per heavy atom. The zero-order valence-electron chi connectivity index (χ0n) is 11.4. The van der Waals surface area contributed by atoms with E-state index in [1.165, 1.54) is 24.8 Å². The van der Waals surface area contributed by atoms with Gasteiger partial charge in [-0.2, -0.15) is 0 Å². The van der Waals surface area contributed by atoms with E-state index in [9.17, 15) is 4.79 Å². The molecule has 1 saturated carbocycles. The third-order valence-electron chi connectivity index (χ3n) is 4.17. The SMILES string of the molecule is CC(C)C(CN)C(=O)c1ccccc1C1CCC1. The van der Waals surface area contributed by atoms with Crippen molar-refractivity contribution in [3.05, 3.63) is 35.4 Å². The lowest BCUT2D eigenvalue weighted by molar-refractivity contribution is 0.0890. The van der Waals surface area contributed by atoms with Gasteiger partial charge in [-0.25, -0.2) is 0 Å². The molecule has 2 heteroatoms. The van der Waals surface area contributed by atoms with Crippen LogP contribution in [0.25, 0.3) is 0 Å². The standard InChI is InChI=1S/C16H23NO/c1-11(2)15(10-17)16(18)14-9-4-3-8-13(14)12-6-5-7-12/h3-4,8-9,11-12,15H,5-7,10,17H2,1-2H3. The van der Waals surface area contributed by atoms with E-state index in [1.807, 2.05) is 18.2 Å². The van der Waals surface area contributed by atoms with E-state index in [4.69, 9.17) is 5.73 Å². The van der Waals surface area contributed by atoms with Gasteiger partial charge in [0.05, 0.1) is 0 Å². The fourth-order valence-corrected chi connectivity index (χ4v) is 2.68. The van der Waals surface area contributed by atoms with Gasteiger partial charge < -0.3 is 5.73 Å². The maximum Gasteiger partial charge on any atom is 0.167 e. The second kappa shape index (κ2) is 5.66. The normalized spacial score (nSPS) is 17.6. The average Bonchev–Trinajstić information content (AvgIpc) is 2.27. The van der Waals surface area contributed by atoms with Crippen LogP contribution in [0.3, 0.4) is 0 Å². The van der Waals surface area contributed by atoms with Gasteiger partial charge in [0.2, 0.25) is 0 Å². The molecule has 2 rings (SSSR count). The third-order valence-corrected chi connectivity index (χ3v) is 4.17. The lowest BCUT2D eigenvalue weighted by Gasteiger charge is -2.29. The highest BCUT2D eigenvalue weighted by molar-refractivity contribution is 5.99. The van der Waals surface area contributed by atoms with E-state index < -0.39 is 0 Å². The van der Waals surface area contributed by atoms with Gasteiger partial charge in [0.15, 0.2) is 5.78 Å². The van der Waals surface area contributed by atoms with E-state index in [-0.39, 0.29) is 11.7 Å². The van der Waals surface area contributed by atoms with Gasteiger partial charge in [-0.05, 0) is 30.2 Å². The number of nitrogens with two attached hydrogens (primary N) is 1. The predicted octanol–water partition coefficient (Wildman–Crippen LogP) is 3.37. The van der Waals surface area contributed by atoms with Crippen LogP contribution in [0, 0.1) is 11.8 Å². The Balaban J connectivity index is 2.29. The Labute approximate surface area is 110 Å². The van der Waals surface area contributed by atoms with Gasteiger partial charge in [0, 0.05) is 18.0 Å². The summed E-state index contributed by atoms with van der Waals surface area (Å²) >= 11 is 0. The Morgan fingerprint density at radius 3 is 2.50 bits per heavy atom. The summed E-state index contributed by atoms with van der Waals surface area (Å²) in [7, 11) is 0. The second-order valence-corrected chi connectivity index (χ2v) is 5.67. The van der Waals surface area contributed by atoms with Crippen LogP contribution in [-0.4, -0.2) is 12.3 Å². The summed E-state index contributed by atoms with van der Waals surface area (Å²) in [5.74, 6) is 1.08. The number of carbonyl (C=O) groups is 1. The molecule has 0 saturated heterocycles. The van der Waals surface area contributed by atoms with Crippen molar-refractivity contribution in [2.75, 3.05) is 6.54 Å². The van der Waals surface area contributed by atoms with Crippen LogP contribution in [0.1, 0.15) is 54.9 Å². The third kappa shape index (κ3) is 2.49. The van der Waals surface area contributed by atoms with Crippen LogP contribution in [0.2, 0.25) is 0 Å². The van der Waals surface area contributed by atoms with Gasteiger partial charge in [-0.3, -0.25) is 4.79 Å². The molecule has 1 unspecified atom stereocenters. The molecule has 1 atom stereocenters. The summed E-state index contributed by atoms with van der Waals surface area (Å²) in [6.07, 6.45) is 3.73. The molecule has 0 amide bonds. The van der Waals surface area contributed by atoms with Crippen molar-refractivity contribution in [2.24, 2.45) is 17.6 Å². The van der Waals surface area contributed by atoms with Gasteiger partial charge >= 0.3 is 0 Å². The summed E-state index contributed by atoms with van der Waals surface area (Å²) < 4.78 is 0. The molecule has 0 spiro atoms. The van der Waals surface area contributed by atoms with Gasteiger partial charge in [-0.15, -0.1) is 0 Å². The molecule has 1 aliphatic carbocycles. The number of hydrogen-bond acceptors (Lipinski definition) is 2. The van der Waals surface area contributed by atoms with E-state index in [0.717, 1.165) is 5.56 Å². The first-order valence-electron chi connectivity index (χ1n) is 6.98. The number of rotatable bonds is 5. The Morgan fingerprint density at radius 1 is 1.33 bits per heavy atom. The Kier molecular flexibility index (Phi) is 4.18. The van der Waals surface area contributed by atoms with Crippen LogP contribution in [0.15, 0.2) is 24.3 Å². The van der Waals surface area contributed by atoms with Crippen molar-refractivity contribution >= 4 is 5.78 Å². The lowest BCUT2D eigenvalue weighted by atomic mass is 9.76. The average molecular weight is 245 g/mol. The molecule has 1 fully saturated rings. The van der Waals surface area contributed by atoms with Crippen molar-refractivity contribution in [1.82, 2.24) is 0 Å². The van der Waals surface area contributed by atoms with E-state index in [0.29, 0.717) is 18.4 Å². The quantitative estimate of drug-likeness (QED) is 0.808. The highest BCUT2D eigenvalue weighted by atomic mass is 16.1. The number of hydrogen-bond donors (Lipinski definition) is 1. The summed E-state index contributed by atoms with van der Waals surface area (Å²) in [5.41, 5.74) is 7.92. The Bertz CT molecular complexity index is 421. The summed E-state index contributed by atoms with van der Waals surface area (Å²) in [6, 6.07) is 8.09. The topological polar surface area (TPSA) is 43.1 Å². The molecular weight excluding hydrogens is 222 g/mol. The molecule has 1 aromatic rings. The largest absolute Gasteiger partial charge is 0.330 e. The minimum Gasteiger partial charge on any atom is -0.330 e. The fourth-order valence-electron chi connectivity index (χ4n) is 2.68. The van der Waals surface area contributed by atoms with Crippen molar-refractivity contribution in [3.8, 4) is 0 Å². The summed E-state index contributed by atoms with van der Waals surface area (Å²) in [6.45, 7) is 4.58. The van der Waals surface area contributed by atoms with E-state index >= 15 is 0 Å². The minimum atomic E-state index is -0.0498. The van der Waals surface area contributed by atoms with Crippen molar-refractivity contribution in [3.63, 3.8) is 0 Å². The van der Waals surface area contributed by atoms with Gasteiger partial charge in [0.1, 0.15) is 0 Å². The van der Waals surface area contributed by atoms with Crippen molar-refractivity contribution in [2.45, 2.75) is 39.0 Å². The summed E-state index contributed by atoms with van der Waals surface area (Å²) in [5, 5.41) is 0. The van der Waals surface area contributed by atoms with E-state index in [1.54, 1.807) is 0 Å². The maximum atomic E-state index is 12.6. The van der Waals surface area contributed by atoms with Gasteiger partial charge in [-0.1, -0.05) is 44.5 Å². The van der Waals surface area contributed by atoms with E-state index in [2.05, 4.69) is 19.9 Å². The van der Waals surface area contributed by atoms with Crippen LogP contribution < -0.4 is 5.73 Å². The molecule has 1 aromatic carbocycles. The fraction of sp³-hybridized carbons (Fsp3) is 0.562. The van der Waals surface area contributed by atoms with Crippen molar-refractivity contribution < 1.29 is 4.79 Å². The zero-order valence-corrected chi connectivity index (χ0v) is 11.4. The highest BCUT2D eigenvalue weighted by Crippen LogP contribution is 2.38. The minimum absolute atomic E-state index is 0.0498. The predicted molar refractivity (Wildman–Crippen MR) is 74.7 cm³/mol. The molecule has 0 heterocycles. The molecule has 0 aliphatic heterocycles. The number of carbonyl (C=O) groups excluding carboxylic acids is 1. The molecule has 0 aromatic heterocycles. The second-order valence-electron chi connectivity index (χ2n) is 5.67. The first kappa shape index (κ1) is 13.3. The van der Waals surface area contributed by atoms with Crippen LogP contribution >= 0.6 is 0 Å². The Hall–Kier alpha value is -1.15. The summed E-state index contributed by atoms with van der Waals surface area (Å²) in [4.78, 5) is 12.6. The molecule has 0 bridgehead atoms. The van der Waals surface area contributed by atoms with Crippen LogP contribution in [-0.2, 0) is 0 Å². The molecule has 98 valence electrons. The first-order chi connectivity index (χ1) is 8.65. The molecule has 1 aliphatic rings. The molecule has 2 N–H and O–H groups in total. The molecule has 2 nitrogen and oxygen atoms in total. The monoisotopic (exact) mass is 245 g/mol. The lowest BCUT2D eigenvalue weighted by Crippen LogP contribution is -2.29. The van der Waals surface area contributed by atoms with Crippen molar-refractivity contribution in [1.29, 1.82) is 0 Å². The molecular formula is C16H23NO. The number of ketones is 1. The number of Topliss-reactive ketones (excluding diaryl/α,β-unsaturated/α-hetero) is 1. The maximum absolute atomic E-state index is 12.6. The number of benzene rings is 1. The first-order valence-corrected chi connectivity index (χ1v) is 6.98. The zero-order chi connectivity index (χ0) is 13.1. The molecule has 18 heavy (non-hydrogen) atoms.